The van der Waals surface area contributed by atoms with Crippen molar-refractivity contribution in [3.63, 3.8) is 0 Å². The van der Waals surface area contributed by atoms with Gasteiger partial charge in [0.25, 0.3) is 15.9 Å². The first-order valence-electron chi connectivity index (χ1n) is 10.7. The van der Waals surface area contributed by atoms with Gasteiger partial charge in [0.2, 0.25) is 0 Å². The van der Waals surface area contributed by atoms with Crippen LogP contribution in [0.3, 0.4) is 0 Å². The zero-order chi connectivity index (χ0) is 24.0. The van der Waals surface area contributed by atoms with E-state index in [0.717, 1.165) is 11.1 Å². The van der Waals surface area contributed by atoms with Crippen LogP contribution in [0.25, 0.3) is 0 Å². The monoisotopic (exact) mass is 475 g/mol. The Labute approximate surface area is 194 Å². The summed E-state index contributed by atoms with van der Waals surface area (Å²) in [7, 11) is -3.76. The molecule has 9 nitrogen and oxygen atoms in total. The number of sulfonamides is 1. The van der Waals surface area contributed by atoms with Gasteiger partial charge in [-0.3, -0.25) is 9.52 Å². The van der Waals surface area contributed by atoms with Gasteiger partial charge in [-0.05, 0) is 62.2 Å². The molecule has 2 aromatic rings. The van der Waals surface area contributed by atoms with E-state index in [1.165, 1.54) is 24.3 Å². The highest BCUT2D eigenvalue weighted by atomic mass is 32.2. The molecule has 2 aromatic carbocycles. The molecule has 10 heteroatoms. The molecule has 1 N–H and O–H groups in total. The summed E-state index contributed by atoms with van der Waals surface area (Å²) in [6.07, 6.45) is -0.372. The van der Waals surface area contributed by atoms with E-state index in [2.05, 4.69) is 4.72 Å². The van der Waals surface area contributed by atoms with Crippen LogP contribution in [0.15, 0.2) is 47.4 Å². The Morgan fingerprint density at radius 3 is 2.24 bits per heavy atom. The van der Waals surface area contributed by atoms with E-state index in [-0.39, 0.29) is 23.5 Å². The number of amides is 2. The van der Waals surface area contributed by atoms with Crippen LogP contribution in [0.5, 0.6) is 5.75 Å². The van der Waals surface area contributed by atoms with Crippen molar-refractivity contribution in [3.05, 3.63) is 53.6 Å². The van der Waals surface area contributed by atoms with Crippen LogP contribution in [0, 0.1) is 13.8 Å². The van der Waals surface area contributed by atoms with E-state index in [1.807, 2.05) is 26.0 Å². The highest BCUT2D eigenvalue weighted by molar-refractivity contribution is 7.92. The molecule has 33 heavy (non-hydrogen) atoms. The van der Waals surface area contributed by atoms with Crippen molar-refractivity contribution in [3.8, 4) is 5.75 Å². The number of carbonyl (C=O) groups excluding carboxylic acids is 2. The lowest BCUT2D eigenvalue weighted by Crippen LogP contribution is -2.51. The fourth-order valence-corrected chi connectivity index (χ4v) is 4.48. The quantitative estimate of drug-likeness (QED) is 0.660. The molecule has 1 fully saturated rings. The van der Waals surface area contributed by atoms with Gasteiger partial charge >= 0.3 is 6.09 Å². The fraction of sp³-hybridized carbons (Fsp3) is 0.391. The van der Waals surface area contributed by atoms with Crippen LogP contribution < -0.4 is 9.46 Å². The molecule has 1 heterocycles. The Kier molecular flexibility index (Phi) is 7.80. The van der Waals surface area contributed by atoms with Gasteiger partial charge < -0.3 is 19.3 Å². The molecule has 0 spiro atoms. The summed E-state index contributed by atoms with van der Waals surface area (Å²) in [6, 6.07) is 11.5. The maximum absolute atomic E-state index is 12.7. The van der Waals surface area contributed by atoms with Crippen molar-refractivity contribution >= 4 is 27.7 Å². The Morgan fingerprint density at radius 2 is 1.61 bits per heavy atom. The number of hydrogen-bond acceptors (Lipinski definition) is 6. The number of benzene rings is 2. The van der Waals surface area contributed by atoms with Gasteiger partial charge in [-0.15, -0.1) is 0 Å². The van der Waals surface area contributed by atoms with Gasteiger partial charge in [-0.25, -0.2) is 13.2 Å². The van der Waals surface area contributed by atoms with Gasteiger partial charge in [-0.1, -0.05) is 12.1 Å². The van der Waals surface area contributed by atoms with Crippen molar-refractivity contribution in [1.29, 1.82) is 0 Å². The van der Waals surface area contributed by atoms with E-state index >= 15 is 0 Å². The Morgan fingerprint density at radius 1 is 0.970 bits per heavy atom. The first-order chi connectivity index (χ1) is 15.7. The van der Waals surface area contributed by atoms with Crippen LogP contribution >= 0.6 is 0 Å². The molecule has 0 saturated carbocycles. The number of nitrogens with zero attached hydrogens (tertiary/aromatic N) is 2. The number of piperazine rings is 1. The van der Waals surface area contributed by atoms with Crippen LogP contribution in [0.2, 0.25) is 0 Å². The molecule has 178 valence electrons. The minimum Gasteiger partial charge on any atom is -0.484 e. The van der Waals surface area contributed by atoms with E-state index in [9.17, 15) is 18.0 Å². The van der Waals surface area contributed by atoms with Gasteiger partial charge in [0.05, 0.1) is 17.2 Å². The third kappa shape index (κ3) is 6.38. The molecule has 1 aliphatic heterocycles. The first-order valence-corrected chi connectivity index (χ1v) is 12.2. The molecule has 0 atom stereocenters. The minimum absolute atomic E-state index is 0.0946. The number of rotatable bonds is 7. The molecule has 1 aliphatic rings. The third-order valence-electron chi connectivity index (χ3n) is 5.29. The average molecular weight is 476 g/mol. The second kappa shape index (κ2) is 10.6. The number of hydrogen-bond donors (Lipinski definition) is 1. The van der Waals surface area contributed by atoms with Crippen molar-refractivity contribution in [1.82, 2.24) is 9.80 Å². The van der Waals surface area contributed by atoms with Crippen LogP contribution in [-0.2, 0) is 19.6 Å². The molecule has 0 unspecified atom stereocenters. The van der Waals surface area contributed by atoms with Gasteiger partial charge in [0, 0.05) is 26.2 Å². The molecule has 0 radical (unpaired) electrons. The smallest absolute Gasteiger partial charge is 0.409 e. The fourth-order valence-electron chi connectivity index (χ4n) is 3.35. The Bertz CT molecular complexity index is 1090. The maximum atomic E-state index is 12.7. The number of aryl methyl sites for hydroxylation is 2. The molecule has 0 aliphatic carbocycles. The summed E-state index contributed by atoms with van der Waals surface area (Å²) in [4.78, 5) is 27.5. The number of ether oxygens (including phenoxy) is 2. The van der Waals surface area contributed by atoms with E-state index in [1.54, 1.807) is 22.8 Å². The molecular formula is C23H29N3O6S. The van der Waals surface area contributed by atoms with Crippen LogP contribution in [-0.4, -0.2) is 69.6 Å². The Balaban J connectivity index is 1.53. The largest absolute Gasteiger partial charge is 0.484 e. The lowest BCUT2D eigenvalue weighted by Gasteiger charge is -2.33. The Hall–Kier alpha value is -3.27. The highest BCUT2D eigenvalue weighted by Crippen LogP contribution is 2.22. The predicted molar refractivity (Wildman–Crippen MR) is 124 cm³/mol. The molecule has 3 rings (SSSR count). The summed E-state index contributed by atoms with van der Waals surface area (Å²) >= 11 is 0. The van der Waals surface area contributed by atoms with Gasteiger partial charge in [-0.2, -0.15) is 0 Å². The minimum atomic E-state index is -3.76. The average Bonchev–Trinajstić information content (AvgIpc) is 2.80. The second-order valence-electron chi connectivity index (χ2n) is 7.75. The standard InChI is InChI=1S/C23H29N3O6S/c1-4-31-23(28)26-13-11-25(12-14-26)22(27)16-32-19-7-9-20(10-8-19)33(29,30)24-21-15-17(2)5-6-18(21)3/h5-10,15,24H,4,11-14,16H2,1-3H3. The summed E-state index contributed by atoms with van der Waals surface area (Å²) in [5.74, 6) is 0.186. The van der Waals surface area contributed by atoms with E-state index < -0.39 is 10.0 Å². The van der Waals surface area contributed by atoms with Crippen molar-refractivity contribution in [2.45, 2.75) is 25.7 Å². The van der Waals surface area contributed by atoms with Crippen molar-refractivity contribution in [2.24, 2.45) is 0 Å². The van der Waals surface area contributed by atoms with E-state index in [0.29, 0.717) is 44.2 Å². The lowest BCUT2D eigenvalue weighted by atomic mass is 10.1. The number of carbonyl (C=O) groups is 2. The predicted octanol–water partition coefficient (Wildman–Crippen LogP) is 2.78. The van der Waals surface area contributed by atoms with Crippen LogP contribution in [0.4, 0.5) is 10.5 Å². The topological polar surface area (TPSA) is 105 Å². The number of nitrogens with one attached hydrogen (secondary N) is 1. The van der Waals surface area contributed by atoms with Crippen molar-refractivity contribution in [2.75, 3.05) is 44.1 Å². The summed E-state index contributed by atoms with van der Waals surface area (Å²) < 4.78 is 38.6. The van der Waals surface area contributed by atoms with Gasteiger partial charge in [0.1, 0.15) is 5.75 Å². The molecule has 2 amide bonds. The molecule has 0 aromatic heterocycles. The molecular weight excluding hydrogens is 446 g/mol. The second-order valence-corrected chi connectivity index (χ2v) is 9.43. The maximum Gasteiger partial charge on any atom is 0.409 e. The summed E-state index contributed by atoms with van der Waals surface area (Å²) in [5.41, 5.74) is 2.31. The SMILES string of the molecule is CCOC(=O)N1CCN(C(=O)COc2ccc(S(=O)(=O)Nc3cc(C)ccc3C)cc2)CC1. The first kappa shape index (κ1) is 24.4. The zero-order valence-electron chi connectivity index (χ0n) is 19.0. The normalized spacial score (nSPS) is 14.0. The lowest BCUT2D eigenvalue weighted by molar-refractivity contribution is -0.134. The van der Waals surface area contributed by atoms with Crippen molar-refractivity contribution < 1.29 is 27.5 Å². The summed E-state index contributed by atoms with van der Waals surface area (Å²) in [6.45, 7) is 7.24. The molecule has 1 saturated heterocycles. The number of anilines is 1. The van der Waals surface area contributed by atoms with Crippen LogP contribution in [0.1, 0.15) is 18.1 Å². The molecule has 0 bridgehead atoms. The van der Waals surface area contributed by atoms with Gasteiger partial charge in [0.15, 0.2) is 6.61 Å². The zero-order valence-corrected chi connectivity index (χ0v) is 19.9. The highest BCUT2D eigenvalue weighted by Gasteiger charge is 2.25. The summed E-state index contributed by atoms with van der Waals surface area (Å²) in [5, 5.41) is 0. The third-order valence-corrected chi connectivity index (χ3v) is 6.67. The van der Waals surface area contributed by atoms with E-state index in [4.69, 9.17) is 9.47 Å².